The summed E-state index contributed by atoms with van der Waals surface area (Å²) in [6.07, 6.45) is -1.70. The Kier molecular flexibility index (Phi) is 6.73. The molecule has 0 radical (unpaired) electrons. The van der Waals surface area contributed by atoms with Crippen molar-refractivity contribution in [3.63, 3.8) is 0 Å². The molecule has 31 heavy (non-hydrogen) atoms. The van der Waals surface area contributed by atoms with E-state index >= 15 is 0 Å². The van der Waals surface area contributed by atoms with Crippen LogP contribution in [0.15, 0.2) is 53.3 Å². The zero-order chi connectivity index (χ0) is 22.7. The average Bonchev–Trinajstić information content (AvgIpc) is 3.01. The quantitative estimate of drug-likeness (QED) is 0.513. The molecule has 0 unspecified atom stereocenters. The van der Waals surface area contributed by atoms with Crippen LogP contribution in [0.25, 0.3) is 11.1 Å². The number of aromatic nitrogens is 2. The highest BCUT2D eigenvalue weighted by atomic mass is 19.3. The Hall–Kier alpha value is -3.22. The molecule has 0 saturated heterocycles. The average molecular weight is 428 g/mol. The molecule has 1 N–H and O–H groups in total. The van der Waals surface area contributed by atoms with Crippen molar-refractivity contribution in [3.05, 3.63) is 81.5 Å². The van der Waals surface area contributed by atoms with Crippen molar-refractivity contribution in [2.75, 3.05) is 0 Å². The highest BCUT2D eigenvalue weighted by Gasteiger charge is 2.27. The van der Waals surface area contributed by atoms with E-state index in [0.29, 0.717) is 24.1 Å². The van der Waals surface area contributed by atoms with Crippen LogP contribution in [-0.4, -0.2) is 20.2 Å². The van der Waals surface area contributed by atoms with Crippen LogP contribution in [0.5, 0.6) is 0 Å². The van der Waals surface area contributed by atoms with Crippen molar-refractivity contribution in [1.82, 2.24) is 9.13 Å². The zero-order valence-electron chi connectivity index (χ0n) is 17.8. The van der Waals surface area contributed by atoms with Crippen molar-refractivity contribution in [3.8, 4) is 11.1 Å². The topological polar surface area (TPSA) is 64.2 Å². The summed E-state index contributed by atoms with van der Waals surface area (Å²) in [5, 5.41) is 9.40. The summed E-state index contributed by atoms with van der Waals surface area (Å²) in [6, 6.07) is 13.5. The van der Waals surface area contributed by atoms with Crippen LogP contribution in [0.2, 0.25) is 0 Å². The molecular weight excluding hydrogens is 402 g/mol. The molecule has 164 valence electrons. The number of carboxylic acids is 1. The van der Waals surface area contributed by atoms with Crippen LogP contribution >= 0.6 is 0 Å². The second-order valence-electron chi connectivity index (χ2n) is 7.76. The molecule has 0 bridgehead atoms. The maximum atomic E-state index is 13.8. The number of rotatable bonds is 8. The Balaban J connectivity index is 2.01. The first-order chi connectivity index (χ1) is 14.8. The van der Waals surface area contributed by atoms with Crippen molar-refractivity contribution >= 4 is 5.97 Å². The first kappa shape index (κ1) is 22.5. The normalized spacial score (nSPS) is 11.5. The van der Waals surface area contributed by atoms with Gasteiger partial charge in [-0.15, -0.1) is 0 Å². The predicted octanol–water partition coefficient (Wildman–Crippen LogP) is 5.53. The van der Waals surface area contributed by atoms with Gasteiger partial charge in [-0.3, -0.25) is 9.13 Å². The number of carbonyl (C=O) groups is 1. The van der Waals surface area contributed by atoms with Crippen LogP contribution in [0.3, 0.4) is 0 Å². The second kappa shape index (κ2) is 9.29. The summed E-state index contributed by atoms with van der Waals surface area (Å²) < 4.78 is 30.3. The van der Waals surface area contributed by atoms with Crippen LogP contribution < -0.4 is 5.69 Å². The molecule has 0 fully saturated rings. The summed E-state index contributed by atoms with van der Waals surface area (Å²) in [7, 11) is 0. The van der Waals surface area contributed by atoms with Gasteiger partial charge in [0.2, 0.25) is 0 Å². The SMILES string of the molecule is CCCc1c(C(F)F)n(C(C)C)c(=O)n1Cc1ccc(-c2ccccc2C(=O)O)cc1. The number of hydrogen-bond acceptors (Lipinski definition) is 2. The Labute approximate surface area is 179 Å². The van der Waals surface area contributed by atoms with Crippen molar-refractivity contribution in [2.45, 2.75) is 52.6 Å². The number of carboxylic acid groups (broad SMARTS) is 1. The van der Waals surface area contributed by atoms with E-state index in [-0.39, 0.29) is 23.8 Å². The number of hydrogen-bond donors (Lipinski definition) is 1. The molecule has 0 saturated carbocycles. The molecule has 0 atom stereocenters. The molecule has 1 heterocycles. The molecule has 0 aliphatic carbocycles. The van der Waals surface area contributed by atoms with Crippen molar-refractivity contribution in [2.24, 2.45) is 0 Å². The molecule has 0 aliphatic rings. The van der Waals surface area contributed by atoms with Gasteiger partial charge in [0.05, 0.1) is 12.1 Å². The second-order valence-corrected chi connectivity index (χ2v) is 7.76. The molecule has 0 amide bonds. The Morgan fingerprint density at radius 1 is 1.06 bits per heavy atom. The van der Waals surface area contributed by atoms with Gasteiger partial charge in [-0.1, -0.05) is 55.8 Å². The van der Waals surface area contributed by atoms with Gasteiger partial charge in [0, 0.05) is 11.7 Å². The van der Waals surface area contributed by atoms with E-state index in [1.165, 1.54) is 9.13 Å². The lowest BCUT2D eigenvalue weighted by Gasteiger charge is -2.11. The fourth-order valence-corrected chi connectivity index (χ4v) is 3.91. The predicted molar refractivity (Wildman–Crippen MR) is 116 cm³/mol. The molecule has 5 nitrogen and oxygen atoms in total. The van der Waals surface area contributed by atoms with E-state index in [1.54, 1.807) is 62.4 Å². The van der Waals surface area contributed by atoms with E-state index in [1.807, 2.05) is 6.92 Å². The summed E-state index contributed by atoms with van der Waals surface area (Å²) in [4.78, 5) is 24.5. The molecule has 3 aromatic rings. The molecule has 2 aromatic carbocycles. The Morgan fingerprint density at radius 2 is 1.71 bits per heavy atom. The lowest BCUT2D eigenvalue weighted by Crippen LogP contribution is -2.27. The summed E-state index contributed by atoms with van der Waals surface area (Å²) in [6.45, 7) is 5.52. The van der Waals surface area contributed by atoms with Gasteiger partial charge in [-0.05, 0) is 43.0 Å². The number of halogens is 2. The number of benzene rings is 2. The molecule has 0 aliphatic heterocycles. The minimum absolute atomic E-state index is 0.175. The molecule has 1 aromatic heterocycles. The first-order valence-corrected chi connectivity index (χ1v) is 10.3. The Bertz CT molecular complexity index is 1130. The number of imidazole rings is 1. The monoisotopic (exact) mass is 428 g/mol. The van der Waals surface area contributed by atoms with Crippen molar-refractivity contribution < 1.29 is 18.7 Å². The fraction of sp³-hybridized carbons (Fsp3) is 0.333. The van der Waals surface area contributed by atoms with Gasteiger partial charge in [0.15, 0.2) is 0 Å². The highest BCUT2D eigenvalue weighted by Crippen LogP contribution is 2.28. The zero-order valence-corrected chi connectivity index (χ0v) is 17.8. The van der Waals surface area contributed by atoms with E-state index in [0.717, 1.165) is 11.1 Å². The maximum absolute atomic E-state index is 13.8. The lowest BCUT2D eigenvalue weighted by atomic mass is 9.99. The van der Waals surface area contributed by atoms with Crippen LogP contribution in [0.1, 0.15) is 67.0 Å². The minimum Gasteiger partial charge on any atom is -0.478 e. The lowest BCUT2D eigenvalue weighted by molar-refractivity contribution is 0.0697. The third-order valence-electron chi connectivity index (χ3n) is 5.29. The van der Waals surface area contributed by atoms with E-state index < -0.39 is 18.1 Å². The third-order valence-corrected chi connectivity index (χ3v) is 5.29. The van der Waals surface area contributed by atoms with E-state index in [2.05, 4.69) is 0 Å². The highest BCUT2D eigenvalue weighted by molar-refractivity contribution is 5.95. The minimum atomic E-state index is -2.73. The summed E-state index contributed by atoms with van der Waals surface area (Å²) >= 11 is 0. The molecule has 3 rings (SSSR count). The van der Waals surface area contributed by atoms with Crippen LogP contribution in [0.4, 0.5) is 8.78 Å². The number of nitrogens with zero attached hydrogens (tertiary/aromatic N) is 2. The Morgan fingerprint density at radius 3 is 2.26 bits per heavy atom. The number of alkyl halides is 2. The third kappa shape index (κ3) is 4.45. The van der Waals surface area contributed by atoms with Crippen LogP contribution in [-0.2, 0) is 13.0 Å². The van der Waals surface area contributed by atoms with Gasteiger partial charge < -0.3 is 5.11 Å². The molecule has 7 heteroatoms. The summed E-state index contributed by atoms with van der Waals surface area (Å²) in [5.74, 6) is -1.01. The van der Waals surface area contributed by atoms with Gasteiger partial charge in [-0.2, -0.15) is 0 Å². The van der Waals surface area contributed by atoms with E-state index in [9.17, 15) is 23.5 Å². The molecule has 0 spiro atoms. The van der Waals surface area contributed by atoms with Gasteiger partial charge in [-0.25, -0.2) is 18.4 Å². The van der Waals surface area contributed by atoms with E-state index in [4.69, 9.17) is 0 Å². The van der Waals surface area contributed by atoms with Gasteiger partial charge >= 0.3 is 11.7 Å². The van der Waals surface area contributed by atoms with Gasteiger partial charge in [0.25, 0.3) is 6.43 Å². The first-order valence-electron chi connectivity index (χ1n) is 10.3. The van der Waals surface area contributed by atoms with Crippen LogP contribution in [0, 0.1) is 0 Å². The standard InChI is InChI=1S/C24H26F2N2O3/c1-4-7-20-21(22(25)26)28(15(2)3)24(31)27(20)14-16-10-12-17(13-11-16)18-8-5-6-9-19(18)23(29)30/h5-6,8-13,15,22H,4,7,14H2,1-3H3,(H,29,30). The largest absolute Gasteiger partial charge is 0.478 e. The van der Waals surface area contributed by atoms with Crippen molar-refractivity contribution in [1.29, 1.82) is 0 Å². The smallest absolute Gasteiger partial charge is 0.336 e. The number of aromatic carboxylic acids is 1. The maximum Gasteiger partial charge on any atom is 0.336 e. The fourth-order valence-electron chi connectivity index (χ4n) is 3.91. The molecular formula is C24H26F2N2O3. The summed E-state index contributed by atoms with van der Waals surface area (Å²) in [5.41, 5.74) is 2.04. The van der Waals surface area contributed by atoms with Gasteiger partial charge in [0.1, 0.15) is 5.69 Å².